The molecule has 5 nitrogen and oxygen atoms in total. The van der Waals surface area contributed by atoms with E-state index >= 15 is 0 Å². The van der Waals surface area contributed by atoms with Gasteiger partial charge in [0.1, 0.15) is 10.8 Å². The Morgan fingerprint density at radius 1 is 1.11 bits per heavy atom. The van der Waals surface area contributed by atoms with E-state index in [4.69, 9.17) is 16.7 Å². The Bertz CT molecular complexity index is 1330. The zero-order chi connectivity index (χ0) is 25.2. The fourth-order valence-corrected chi connectivity index (χ4v) is 4.06. The summed E-state index contributed by atoms with van der Waals surface area (Å²) < 4.78 is 43.3. The van der Waals surface area contributed by atoms with Crippen LogP contribution in [-0.4, -0.2) is 22.0 Å². The van der Waals surface area contributed by atoms with E-state index in [0.717, 1.165) is 24.0 Å². The molecular weight excluding hydrogens is 483 g/mol. The summed E-state index contributed by atoms with van der Waals surface area (Å²) in [5.41, 5.74) is 2.69. The van der Waals surface area contributed by atoms with Crippen molar-refractivity contribution in [2.45, 2.75) is 38.1 Å². The molecule has 1 saturated carbocycles. The maximum atomic E-state index is 12.9. The normalized spacial score (nSPS) is 13.8. The number of nitrogens with zero attached hydrogens (tertiary/aromatic N) is 1. The van der Waals surface area contributed by atoms with Gasteiger partial charge >= 0.3 is 12.3 Å². The van der Waals surface area contributed by atoms with Crippen LogP contribution < -0.4 is 10.3 Å². The van der Waals surface area contributed by atoms with Gasteiger partial charge in [-0.05, 0) is 78.3 Å². The van der Waals surface area contributed by atoms with Crippen LogP contribution in [0.25, 0.3) is 12.2 Å². The van der Waals surface area contributed by atoms with Gasteiger partial charge in [0, 0.05) is 12.2 Å². The van der Waals surface area contributed by atoms with E-state index in [1.165, 1.54) is 30.3 Å². The van der Waals surface area contributed by atoms with E-state index in [9.17, 15) is 22.8 Å². The van der Waals surface area contributed by atoms with Crippen molar-refractivity contribution in [2.75, 3.05) is 0 Å². The Kier molecular flexibility index (Phi) is 7.03. The predicted octanol–water partition coefficient (Wildman–Crippen LogP) is 6.39. The molecule has 3 aromatic rings. The Hall–Kier alpha value is -3.52. The number of carbonyl (C=O) groups is 1. The first-order valence-electron chi connectivity index (χ1n) is 10.9. The molecule has 4 rings (SSSR count). The molecule has 0 unspecified atom stereocenters. The molecule has 9 heteroatoms. The van der Waals surface area contributed by atoms with Gasteiger partial charge in [0.15, 0.2) is 0 Å². The molecule has 0 amide bonds. The van der Waals surface area contributed by atoms with E-state index in [1.807, 2.05) is 0 Å². The minimum absolute atomic E-state index is 0.103. The number of carboxylic acids is 1. The highest BCUT2D eigenvalue weighted by molar-refractivity contribution is 6.30. The largest absolute Gasteiger partial charge is 0.573 e. The number of rotatable bonds is 8. The van der Waals surface area contributed by atoms with Gasteiger partial charge in [0.25, 0.3) is 5.56 Å². The topological polar surface area (TPSA) is 68.5 Å². The molecule has 0 saturated heterocycles. The van der Waals surface area contributed by atoms with Gasteiger partial charge in [-0.25, -0.2) is 4.79 Å². The van der Waals surface area contributed by atoms with Crippen molar-refractivity contribution in [3.8, 4) is 5.75 Å². The summed E-state index contributed by atoms with van der Waals surface area (Å²) >= 11 is 6.25. The Morgan fingerprint density at radius 2 is 1.83 bits per heavy atom. The number of benzene rings is 2. The Morgan fingerprint density at radius 3 is 2.46 bits per heavy atom. The van der Waals surface area contributed by atoms with E-state index in [0.29, 0.717) is 24.2 Å². The van der Waals surface area contributed by atoms with Gasteiger partial charge in [-0.2, -0.15) is 0 Å². The van der Waals surface area contributed by atoms with E-state index in [1.54, 1.807) is 41.0 Å². The lowest BCUT2D eigenvalue weighted by molar-refractivity contribution is -0.274. The van der Waals surface area contributed by atoms with E-state index in [-0.39, 0.29) is 27.8 Å². The van der Waals surface area contributed by atoms with Crippen molar-refractivity contribution >= 4 is 29.7 Å². The molecule has 0 atom stereocenters. The monoisotopic (exact) mass is 503 g/mol. The number of ether oxygens (including phenoxy) is 1. The first-order chi connectivity index (χ1) is 16.6. The molecule has 1 aliphatic rings. The second kappa shape index (κ2) is 10.00. The quantitative estimate of drug-likeness (QED) is 0.387. The number of aromatic nitrogens is 1. The smallest absolute Gasteiger partial charge is 0.478 e. The van der Waals surface area contributed by atoms with Crippen LogP contribution in [0.1, 0.15) is 51.5 Å². The summed E-state index contributed by atoms with van der Waals surface area (Å²) in [5.74, 6) is -1.09. The second-order valence-corrected chi connectivity index (χ2v) is 8.68. The first-order valence-corrected chi connectivity index (χ1v) is 11.3. The molecule has 0 aliphatic heterocycles. The van der Waals surface area contributed by atoms with Gasteiger partial charge in [0.2, 0.25) is 0 Å². The first kappa shape index (κ1) is 24.6. The molecule has 1 aliphatic carbocycles. The number of pyridine rings is 1. The number of hydrogen-bond acceptors (Lipinski definition) is 3. The zero-order valence-electron chi connectivity index (χ0n) is 18.4. The minimum Gasteiger partial charge on any atom is -0.478 e. The fraction of sp³-hybridized carbons (Fsp3) is 0.231. The van der Waals surface area contributed by atoms with Crippen molar-refractivity contribution in [1.29, 1.82) is 0 Å². The van der Waals surface area contributed by atoms with Crippen molar-refractivity contribution in [2.24, 2.45) is 0 Å². The molecule has 182 valence electrons. The van der Waals surface area contributed by atoms with Crippen LogP contribution in [0.2, 0.25) is 5.02 Å². The van der Waals surface area contributed by atoms with Gasteiger partial charge in [-0.1, -0.05) is 41.9 Å². The van der Waals surface area contributed by atoms with Crippen molar-refractivity contribution < 1.29 is 27.8 Å². The SMILES string of the molecule is O=C(O)c1ccc(CCn2c(C=Cc3cccc(OC(F)(F)F)c3)c(C3CC3)cc(Cl)c2=O)cc1. The fourth-order valence-electron chi connectivity index (χ4n) is 3.84. The van der Waals surface area contributed by atoms with Crippen molar-refractivity contribution in [1.82, 2.24) is 4.57 Å². The minimum atomic E-state index is -4.79. The van der Waals surface area contributed by atoms with Crippen LogP contribution in [-0.2, 0) is 13.0 Å². The molecule has 0 spiro atoms. The summed E-state index contributed by atoms with van der Waals surface area (Å²) in [6, 6.07) is 13.7. The highest BCUT2D eigenvalue weighted by Crippen LogP contribution is 2.42. The van der Waals surface area contributed by atoms with Crippen LogP contribution in [0.4, 0.5) is 13.2 Å². The third-order valence-electron chi connectivity index (χ3n) is 5.69. The molecule has 35 heavy (non-hydrogen) atoms. The van der Waals surface area contributed by atoms with Crippen LogP contribution in [0.3, 0.4) is 0 Å². The van der Waals surface area contributed by atoms with Crippen molar-refractivity contribution in [3.05, 3.63) is 97.9 Å². The van der Waals surface area contributed by atoms with E-state index < -0.39 is 12.3 Å². The van der Waals surface area contributed by atoms with Gasteiger partial charge in [-0.3, -0.25) is 4.79 Å². The van der Waals surface area contributed by atoms with Gasteiger partial charge in [0.05, 0.1) is 5.56 Å². The molecule has 0 bridgehead atoms. The third kappa shape index (κ3) is 6.33. The lowest BCUT2D eigenvalue weighted by Gasteiger charge is -2.16. The summed E-state index contributed by atoms with van der Waals surface area (Å²) in [6.45, 7) is 0.294. The summed E-state index contributed by atoms with van der Waals surface area (Å²) in [6.07, 6.45) is 0.935. The van der Waals surface area contributed by atoms with Gasteiger partial charge in [-0.15, -0.1) is 13.2 Å². The summed E-state index contributed by atoms with van der Waals surface area (Å²) in [5, 5.41) is 9.17. The van der Waals surface area contributed by atoms with Crippen LogP contribution >= 0.6 is 11.6 Å². The number of halogens is 4. The van der Waals surface area contributed by atoms with Crippen molar-refractivity contribution in [3.63, 3.8) is 0 Å². The van der Waals surface area contributed by atoms with Crippen LogP contribution in [0.15, 0.2) is 59.4 Å². The molecule has 1 N–H and O–H groups in total. The number of carboxylic acid groups (broad SMARTS) is 1. The van der Waals surface area contributed by atoms with Crippen LogP contribution in [0.5, 0.6) is 5.75 Å². The van der Waals surface area contributed by atoms with E-state index in [2.05, 4.69) is 4.74 Å². The molecular formula is C26H21ClF3NO4. The third-order valence-corrected chi connectivity index (χ3v) is 5.96. The lowest BCUT2D eigenvalue weighted by Crippen LogP contribution is -2.25. The Balaban J connectivity index is 1.65. The predicted molar refractivity (Wildman–Crippen MR) is 127 cm³/mol. The number of aryl methyl sites for hydroxylation is 1. The molecule has 1 aromatic heterocycles. The second-order valence-electron chi connectivity index (χ2n) is 8.27. The summed E-state index contributed by atoms with van der Waals surface area (Å²) in [7, 11) is 0. The maximum Gasteiger partial charge on any atom is 0.573 e. The molecule has 1 heterocycles. The van der Waals surface area contributed by atoms with Crippen LogP contribution in [0, 0.1) is 0 Å². The number of alkyl halides is 3. The Labute approximate surface area is 204 Å². The highest BCUT2D eigenvalue weighted by atomic mass is 35.5. The molecule has 1 fully saturated rings. The number of aromatic carboxylic acids is 1. The highest BCUT2D eigenvalue weighted by Gasteiger charge is 2.31. The summed E-state index contributed by atoms with van der Waals surface area (Å²) in [4.78, 5) is 24.0. The molecule has 0 radical (unpaired) electrons. The van der Waals surface area contributed by atoms with Gasteiger partial charge < -0.3 is 14.4 Å². The average molecular weight is 504 g/mol. The lowest BCUT2D eigenvalue weighted by atomic mass is 10.1. The standard InChI is InChI=1S/C26H21ClF3NO4/c27-22-15-21(18-9-10-18)23(11-6-17-2-1-3-20(14-17)35-26(28,29)30)31(24(22)32)13-12-16-4-7-19(8-5-16)25(33)34/h1-8,11,14-15,18H,9-10,12-13H2,(H,33,34). The maximum absolute atomic E-state index is 12.9. The molecule has 2 aromatic carbocycles. The average Bonchev–Trinajstić information content (AvgIpc) is 3.63. The number of hydrogen-bond donors (Lipinski definition) is 1. The zero-order valence-corrected chi connectivity index (χ0v) is 19.1.